The number of aliphatic hydroxyl groups excluding tert-OH is 1. The van der Waals surface area contributed by atoms with Crippen molar-refractivity contribution >= 4 is 5.57 Å². The van der Waals surface area contributed by atoms with Gasteiger partial charge in [-0.25, -0.2) is 0 Å². The summed E-state index contributed by atoms with van der Waals surface area (Å²) in [4.78, 5) is 2.26. The summed E-state index contributed by atoms with van der Waals surface area (Å²) in [6, 6.07) is 10.8. The quantitative estimate of drug-likeness (QED) is 0.882. The highest BCUT2D eigenvalue weighted by Crippen LogP contribution is 2.34. The van der Waals surface area contributed by atoms with Crippen LogP contribution in [-0.2, 0) is 0 Å². The first-order chi connectivity index (χ1) is 9.00. The number of hydrogen-bond donors (Lipinski definition) is 1. The van der Waals surface area contributed by atoms with Gasteiger partial charge in [0.2, 0.25) is 0 Å². The maximum Gasteiger partial charge on any atom is 0.0755 e. The van der Waals surface area contributed by atoms with Gasteiger partial charge in [0.1, 0.15) is 0 Å². The summed E-state index contributed by atoms with van der Waals surface area (Å²) in [5.74, 6) is 0.823. The Morgan fingerprint density at radius 3 is 2.32 bits per heavy atom. The Bertz CT molecular complexity index is 438. The first-order valence-electron chi connectivity index (χ1n) is 7.12. The number of rotatable bonds is 2. The molecule has 0 saturated carbocycles. The molecule has 0 saturated heterocycles. The Kier molecular flexibility index (Phi) is 4.43. The van der Waals surface area contributed by atoms with Gasteiger partial charge in [-0.3, -0.25) is 0 Å². The Balaban J connectivity index is 2.43. The summed E-state index contributed by atoms with van der Waals surface area (Å²) in [7, 11) is 4.24. The Morgan fingerprint density at radius 1 is 1.11 bits per heavy atom. The topological polar surface area (TPSA) is 23.5 Å². The van der Waals surface area contributed by atoms with Crippen molar-refractivity contribution in [2.75, 3.05) is 14.1 Å². The third-order valence-corrected chi connectivity index (χ3v) is 4.47. The molecule has 19 heavy (non-hydrogen) atoms. The van der Waals surface area contributed by atoms with E-state index in [4.69, 9.17) is 0 Å². The molecule has 0 unspecified atom stereocenters. The molecule has 1 aliphatic rings. The summed E-state index contributed by atoms with van der Waals surface area (Å²) in [5, 5.41) is 10.4. The highest BCUT2D eigenvalue weighted by Gasteiger charge is 2.30. The molecule has 0 spiro atoms. The number of benzene rings is 1. The molecule has 2 rings (SSSR count). The number of nitrogens with zero attached hydrogens (tertiary/aromatic N) is 1. The number of hydrogen-bond acceptors (Lipinski definition) is 2. The van der Waals surface area contributed by atoms with Crippen LogP contribution in [0.3, 0.4) is 0 Å². The monoisotopic (exact) mass is 259 g/mol. The molecule has 1 aromatic carbocycles. The third-order valence-electron chi connectivity index (χ3n) is 4.47. The van der Waals surface area contributed by atoms with Gasteiger partial charge < -0.3 is 10.0 Å². The van der Waals surface area contributed by atoms with Crippen molar-refractivity contribution in [2.24, 2.45) is 11.8 Å². The van der Waals surface area contributed by atoms with Crippen LogP contribution in [0, 0.1) is 11.8 Å². The van der Waals surface area contributed by atoms with Gasteiger partial charge in [-0.1, -0.05) is 50.3 Å². The minimum atomic E-state index is -0.352. The second kappa shape index (κ2) is 5.89. The minimum absolute atomic E-state index is 0.309. The van der Waals surface area contributed by atoms with Crippen molar-refractivity contribution in [1.82, 2.24) is 4.90 Å². The molecule has 4 atom stereocenters. The van der Waals surface area contributed by atoms with E-state index in [2.05, 4.69) is 63.2 Å². The Labute approximate surface area is 116 Å². The molecule has 1 aromatic rings. The van der Waals surface area contributed by atoms with Gasteiger partial charge in [-0.15, -0.1) is 0 Å². The van der Waals surface area contributed by atoms with Crippen molar-refractivity contribution < 1.29 is 5.11 Å². The van der Waals surface area contributed by atoms with Crippen molar-refractivity contribution in [3.63, 3.8) is 0 Å². The zero-order valence-electron chi connectivity index (χ0n) is 12.4. The fourth-order valence-corrected chi connectivity index (χ4v) is 2.89. The molecule has 0 aliphatic heterocycles. The predicted octanol–water partition coefficient (Wildman–Crippen LogP) is 3.04. The summed E-state index contributed by atoms with van der Waals surface area (Å²) >= 11 is 0. The maximum atomic E-state index is 10.4. The Morgan fingerprint density at radius 2 is 1.74 bits per heavy atom. The molecule has 0 amide bonds. The zero-order valence-corrected chi connectivity index (χ0v) is 12.4. The Hall–Kier alpha value is -1.12. The average molecular weight is 259 g/mol. The molecular formula is C17H25NO. The fraction of sp³-hybridized carbons (Fsp3) is 0.529. The molecule has 1 N–H and O–H groups in total. The fourth-order valence-electron chi connectivity index (χ4n) is 2.89. The van der Waals surface area contributed by atoms with Gasteiger partial charge in [0.05, 0.1) is 6.10 Å². The van der Waals surface area contributed by atoms with Crippen LogP contribution in [0.5, 0.6) is 0 Å². The molecule has 0 aromatic heterocycles. The van der Waals surface area contributed by atoms with Crippen molar-refractivity contribution in [2.45, 2.75) is 32.4 Å². The lowest BCUT2D eigenvalue weighted by molar-refractivity contribution is 0.124. The van der Waals surface area contributed by atoms with Crippen LogP contribution in [-0.4, -0.2) is 36.2 Å². The first-order valence-corrected chi connectivity index (χ1v) is 7.12. The van der Waals surface area contributed by atoms with Crippen molar-refractivity contribution in [3.05, 3.63) is 42.0 Å². The summed E-state index contributed by atoms with van der Waals surface area (Å²) in [5.41, 5.74) is 2.48. The van der Waals surface area contributed by atoms with Crippen LogP contribution in [0.25, 0.3) is 5.57 Å². The second-order valence-electron chi connectivity index (χ2n) is 6.03. The largest absolute Gasteiger partial charge is 0.389 e. The zero-order chi connectivity index (χ0) is 14.0. The van der Waals surface area contributed by atoms with E-state index in [1.54, 1.807) is 0 Å². The summed E-state index contributed by atoms with van der Waals surface area (Å²) in [6.45, 7) is 4.39. The smallest absolute Gasteiger partial charge is 0.0755 e. The van der Waals surface area contributed by atoms with Gasteiger partial charge in [-0.05, 0) is 43.5 Å². The molecular weight excluding hydrogens is 234 g/mol. The lowest BCUT2D eigenvalue weighted by Gasteiger charge is -2.29. The number of likely N-dealkylation sites (N-methyl/N-ethyl adjacent to an activating group) is 1. The lowest BCUT2D eigenvalue weighted by atomic mass is 9.87. The summed E-state index contributed by atoms with van der Waals surface area (Å²) < 4.78 is 0. The van der Waals surface area contributed by atoms with Crippen LogP contribution in [0.1, 0.15) is 25.8 Å². The predicted molar refractivity (Wildman–Crippen MR) is 80.8 cm³/mol. The van der Waals surface area contributed by atoms with Gasteiger partial charge in [0, 0.05) is 6.04 Å². The van der Waals surface area contributed by atoms with E-state index in [0.717, 1.165) is 6.42 Å². The van der Waals surface area contributed by atoms with Crippen molar-refractivity contribution in [1.29, 1.82) is 0 Å². The van der Waals surface area contributed by atoms with Gasteiger partial charge in [-0.2, -0.15) is 0 Å². The van der Waals surface area contributed by atoms with E-state index in [1.165, 1.54) is 11.1 Å². The molecule has 0 fully saturated rings. The van der Waals surface area contributed by atoms with Crippen LogP contribution < -0.4 is 0 Å². The van der Waals surface area contributed by atoms with E-state index in [-0.39, 0.29) is 6.10 Å². The normalized spacial score (nSPS) is 32.0. The highest BCUT2D eigenvalue weighted by atomic mass is 16.3. The van der Waals surface area contributed by atoms with E-state index < -0.39 is 0 Å². The average Bonchev–Trinajstić information content (AvgIpc) is 2.51. The molecule has 2 nitrogen and oxygen atoms in total. The highest BCUT2D eigenvalue weighted by molar-refractivity contribution is 5.70. The molecule has 2 heteroatoms. The maximum absolute atomic E-state index is 10.4. The number of aliphatic hydroxyl groups is 1. The lowest BCUT2D eigenvalue weighted by Crippen LogP contribution is -2.31. The van der Waals surface area contributed by atoms with E-state index >= 15 is 0 Å². The van der Waals surface area contributed by atoms with Crippen LogP contribution >= 0.6 is 0 Å². The van der Waals surface area contributed by atoms with Crippen LogP contribution in [0.15, 0.2) is 36.4 Å². The SMILES string of the molecule is C[C@H]1[C@H](O)C=C(c2ccccc2)[C@H](N(C)C)C[C@@H]1C. The van der Waals surface area contributed by atoms with Gasteiger partial charge >= 0.3 is 0 Å². The van der Waals surface area contributed by atoms with Gasteiger partial charge in [0.25, 0.3) is 0 Å². The molecule has 104 valence electrons. The van der Waals surface area contributed by atoms with Crippen LogP contribution in [0.2, 0.25) is 0 Å². The van der Waals surface area contributed by atoms with Crippen LogP contribution in [0.4, 0.5) is 0 Å². The molecule has 0 radical (unpaired) electrons. The molecule has 1 aliphatic carbocycles. The summed E-state index contributed by atoms with van der Waals surface area (Å²) in [6.07, 6.45) is 2.80. The van der Waals surface area contributed by atoms with E-state index in [1.807, 2.05) is 6.07 Å². The minimum Gasteiger partial charge on any atom is -0.389 e. The van der Waals surface area contributed by atoms with Gasteiger partial charge in [0.15, 0.2) is 0 Å². The van der Waals surface area contributed by atoms with E-state index in [0.29, 0.717) is 17.9 Å². The molecule has 0 heterocycles. The molecule has 0 bridgehead atoms. The first kappa shape index (κ1) is 14.3. The second-order valence-corrected chi connectivity index (χ2v) is 6.03. The van der Waals surface area contributed by atoms with Crippen molar-refractivity contribution in [3.8, 4) is 0 Å². The third kappa shape index (κ3) is 3.07. The van der Waals surface area contributed by atoms with E-state index in [9.17, 15) is 5.11 Å². The standard InChI is InChI=1S/C17H25NO/c1-12-10-16(18(3)4)15(11-17(19)13(12)2)14-8-6-5-7-9-14/h5-9,11-13,16-17,19H,10H2,1-4H3/t12-,13+,16+,17+/m0/s1.